The van der Waals surface area contributed by atoms with Gasteiger partial charge in [0, 0.05) is 11.3 Å². The van der Waals surface area contributed by atoms with E-state index in [0.717, 1.165) is 22.7 Å². The van der Waals surface area contributed by atoms with Crippen LogP contribution in [0.3, 0.4) is 0 Å². The highest BCUT2D eigenvalue weighted by atomic mass is 16.1. The highest BCUT2D eigenvalue weighted by Gasteiger charge is 2.25. The number of Topliss-reactive ketones (excluding diaryl/α,β-unsaturated/α-hetero) is 1. The fourth-order valence-electron chi connectivity index (χ4n) is 2.28. The number of allylic oxidation sites excluding steroid dienone is 1. The Morgan fingerprint density at radius 3 is 2.33 bits per heavy atom. The average molecular weight is 242 g/mol. The maximum absolute atomic E-state index is 11.8. The van der Waals surface area contributed by atoms with Crippen molar-refractivity contribution in [2.24, 2.45) is 4.99 Å². The Kier molecular flexibility index (Phi) is 3.32. The van der Waals surface area contributed by atoms with Gasteiger partial charge in [-0.2, -0.15) is 0 Å². The SMILES string of the molecule is CC(=O)C1=C(C)NC(C)=NC1c1ccc(C)cc1. The van der Waals surface area contributed by atoms with Gasteiger partial charge in [0.05, 0.1) is 5.84 Å². The molecule has 1 aromatic carbocycles. The quantitative estimate of drug-likeness (QED) is 0.866. The van der Waals surface area contributed by atoms with Crippen LogP contribution in [-0.4, -0.2) is 11.6 Å². The molecular weight excluding hydrogens is 224 g/mol. The van der Waals surface area contributed by atoms with Crippen molar-refractivity contribution in [2.45, 2.75) is 33.7 Å². The van der Waals surface area contributed by atoms with Gasteiger partial charge in [0.2, 0.25) is 0 Å². The summed E-state index contributed by atoms with van der Waals surface area (Å²) in [7, 11) is 0. The van der Waals surface area contributed by atoms with Crippen molar-refractivity contribution >= 4 is 11.6 Å². The number of carbonyl (C=O) groups is 1. The number of hydrogen-bond acceptors (Lipinski definition) is 3. The van der Waals surface area contributed by atoms with E-state index >= 15 is 0 Å². The van der Waals surface area contributed by atoms with Gasteiger partial charge in [-0.25, -0.2) is 0 Å². The number of nitrogens with one attached hydrogen (secondary N) is 1. The van der Waals surface area contributed by atoms with Gasteiger partial charge >= 0.3 is 0 Å². The van der Waals surface area contributed by atoms with Crippen molar-refractivity contribution < 1.29 is 4.79 Å². The fourth-order valence-corrected chi connectivity index (χ4v) is 2.28. The van der Waals surface area contributed by atoms with Gasteiger partial charge in [-0.05, 0) is 33.3 Å². The van der Waals surface area contributed by atoms with Crippen molar-refractivity contribution in [1.82, 2.24) is 5.32 Å². The molecule has 0 saturated heterocycles. The average Bonchev–Trinajstić information content (AvgIpc) is 2.28. The summed E-state index contributed by atoms with van der Waals surface area (Å²) in [5.74, 6) is 0.921. The van der Waals surface area contributed by atoms with E-state index in [2.05, 4.69) is 22.4 Å². The molecule has 1 aromatic rings. The molecule has 0 fully saturated rings. The molecular formula is C15H18N2O. The van der Waals surface area contributed by atoms with Crippen LogP contribution in [0.2, 0.25) is 0 Å². The minimum Gasteiger partial charge on any atom is -0.348 e. The van der Waals surface area contributed by atoms with E-state index in [9.17, 15) is 4.79 Å². The van der Waals surface area contributed by atoms with Gasteiger partial charge in [-0.1, -0.05) is 29.8 Å². The van der Waals surface area contributed by atoms with E-state index in [1.54, 1.807) is 6.92 Å². The third-order valence-electron chi connectivity index (χ3n) is 3.14. The lowest BCUT2D eigenvalue weighted by molar-refractivity contribution is -0.113. The van der Waals surface area contributed by atoms with Gasteiger partial charge < -0.3 is 5.32 Å². The normalized spacial score (nSPS) is 19.3. The van der Waals surface area contributed by atoms with Gasteiger partial charge in [0.25, 0.3) is 0 Å². The Morgan fingerprint density at radius 2 is 1.78 bits per heavy atom. The summed E-state index contributed by atoms with van der Waals surface area (Å²) in [6.07, 6.45) is 0. The Morgan fingerprint density at radius 1 is 1.17 bits per heavy atom. The van der Waals surface area contributed by atoms with Crippen molar-refractivity contribution in [1.29, 1.82) is 0 Å². The summed E-state index contributed by atoms with van der Waals surface area (Å²) in [6, 6.07) is 8.01. The number of aryl methyl sites for hydroxylation is 1. The van der Waals surface area contributed by atoms with E-state index in [0.29, 0.717) is 0 Å². The molecule has 0 saturated carbocycles. The van der Waals surface area contributed by atoms with Crippen LogP contribution in [0.1, 0.15) is 37.9 Å². The molecule has 94 valence electrons. The van der Waals surface area contributed by atoms with Crippen LogP contribution in [-0.2, 0) is 4.79 Å². The fraction of sp³-hybridized carbons (Fsp3) is 0.333. The smallest absolute Gasteiger partial charge is 0.160 e. The Hall–Kier alpha value is -1.90. The van der Waals surface area contributed by atoms with Crippen LogP contribution in [0, 0.1) is 6.92 Å². The Balaban J connectivity index is 2.48. The summed E-state index contributed by atoms with van der Waals surface area (Å²) in [6.45, 7) is 7.49. The predicted octanol–water partition coefficient (Wildman–Crippen LogP) is 2.92. The number of benzene rings is 1. The van der Waals surface area contributed by atoms with Gasteiger partial charge in [0.15, 0.2) is 5.78 Å². The molecule has 3 nitrogen and oxygen atoms in total. The number of ketones is 1. The minimum absolute atomic E-state index is 0.0711. The second-order valence-electron chi connectivity index (χ2n) is 4.75. The highest BCUT2D eigenvalue weighted by molar-refractivity contribution is 5.98. The third-order valence-corrected chi connectivity index (χ3v) is 3.14. The topological polar surface area (TPSA) is 41.5 Å². The summed E-state index contributed by atoms with van der Waals surface area (Å²) in [5, 5.41) is 3.13. The standard InChI is InChI=1S/C15H18N2O/c1-9-5-7-13(8-6-9)15-14(11(3)18)10(2)16-12(4)17-15/h5-8,15H,1-4H3,(H,16,17). The number of amidine groups is 1. The van der Waals surface area contributed by atoms with E-state index in [1.165, 1.54) is 5.56 Å². The first kappa shape index (κ1) is 12.6. The first-order valence-corrected chi connectivity index (χ1v) is 6.08. The van der Waals surface area contributed by atoms with Crippen LogP contribution in [0.25, 0.3) is 0 Å². The summed E-state index contributed by atoms with van der Waals surface area (Å²) in [4.78, 5) is 16.4. The van der Waals surface area contributed by atoms with Crippen LogP contribution in [0.4, 0.5) is 0 Å². The van der Waals surface area contributed by atoms with Gasteiger partial charge in [-0.15, -0.1) is 0 Å². The van der Waals surface area contributed by atoms with Crippen molar-refractivity contribution in [3.63, 3.8) is 0 Å². The molecule has 1 aliphatic rings. The van der Waals surface area contributed by atoms with E-state index < -0.39 is 0 Å². The molecule has 0 bridgehead atoms. The monoisotopic (exact) mass is 242 g/mol. The summed E-state index contributed by atoms with van der Waals surface area (Å²) in [5.41, 5.74) is 3.93. The maximum atomic E-state index is 11.8. The van der Waals surface area contributed by atoms with Gasteiger partial charge in [-0.3, -0.25) is 9.79 Å². The van der Waals surface area contributed by atoms with Crippen LogP contribution < -0.4 is 5.32 Å². The number of hydrogen-bond donors (Lipinski definition) is 1. The zero-order chi connectivity index (χ0) is 13.3. The maximum Gasteiger partial charge on any atom is 0.160 e. The highest BCUT2D eigenvalue weighted by Crippen LogP contribution is 2.31. The zero-order valence-electron chi connectivity index (χ0n) is 11.2. The Labute approximate surface area is 108 Å². The molecule has 1 heterocycles. The van der Waals surface area contributed by atoms with Crippen LogP contribution in [0.5, 0.6) is 0 Å². The van der Waals surface area contributed by atoms with Crippen LogP contribution >= 0.6 is 0 Å². The van der Waals surface area contributed by atoms with Crippen molar-refractivity contribution in [2.75, 3.05) is 0 Å². The molecule has 18 heavy (non-hydrogen) atoms. The molecule has 1 unspecified atom stereocenters. The molecule has 1 N–H and O–H groups in total. The minimum atomic E-state index is -0.177. The van der Waals surface area contributed by atoms with Crippen molar-refractivity contribution in [3.8, 4) is 0 Å². The third kappa shape index (κ3) is 2.35. The van der Waals surface area contributed by atoms with Crippen LogP contribution in [0.15, 0.2) is 40.5 Å². The Bertz CT molecular complexity index is 538. The lowest BCUT2D eigenvalue weighted by atomic mass is 9.93. The second-order valence-corrected chi connectivity index (χ2v) is 4.75. The number of rotatable bonds is 2. The van der Waals surface area contributed by atoms with E-state index in [4.69, 9.17) is 0 Å². The molecule has 0 spiro atoms. The molecule has 0 amide bonds. The van der Waals surface area contributed by atoms with Gasteiger partial charge in [0.1, 0.15) is 6.04 Å². The number of aliphatic imine (C=N–C) groups is 1. The molecule has 3 heteroatoms. The molecule has 0 aromatic heterocycles. The van der Waals surface area contributed by atoms with E-state index in [1.807, 2.05) is 32.9 Å². The molecule has 1 atom stereocenters. The van der Waals surface area contributed by atoms with Crippen molar-refractivity contribution in [3.05, 3.63) is 46.7 Å². The first-order valence-electron chi connectivity index (χ1n) is 6.08. The molecule has 0 radical (unpaired) electrons. The molecule has 0 aliphatic carbocycles. The summed E-state index contributed by atoms with van der Waals surface area (Å²) < 4.78 is 0. The largest absolute Gasteiger partial charge is 0.348 e. The van der Waals surface area contributed by atoms with E-state index in [-0.39, 0.29) is 11.8 Å². The first-order chi connectivity index (χ1) is 8.49. The lowest BCUT2D eigenvalue weighted by Crippen LogP contribution is -2.28. The molecule has 2 rings (SSSR count). The number of nitrogens with zero attached hydrogens (tertiary/aromatic N) is 1. The number of carbonyl (C=O) groups excluding carboxylic acids is 1. The lowest BCUT2D eigenvalue weighted by Gasteiger charge is -2.24. The summed E-state index contributed by atoms with van der Waals surface area (Å²) >= 11 is 0. The second kappa shape index (κ2) is 4.77. The molecule has 1 aliphatic heterocycles. The zero-order valence-corrected chi connectivity index (χ0v) is 11.2. The predicted molar refractivity (Wildman–Crippen MR) is 73.5 cm³/mol.